The highest BCUT2D eigenvalue weighted by molar-refractivity contribution is 9.10. The summed E-state index contributed by atoms with van der Waals surface area (Å²) < 4.78 is 8.23. The quantitative estimate of drug-likeness (QED) is 0.232. The number of carbonyl (C=O) groups is 1. The van der Waals surface area contributed by atoms with Gasteiger partial charge in [-0.15, -0.1) is 10.2 Å². The SMILES string of the molecule is CCc1cc(Br)cc(C)c1NC(=O)CSc1nnc(-c2ccc(Cl)cc2)n1-c1ccc(OC)cc1. The van der Waals surface area contributed by atoms with E-state index >= 15 is 0 Å². The number of nitrogens with zero attached hydrogens (tertiary/aromatic N) is 3. The van der Waals surface area contributed by atoms with E-state index in [4.69, 9.17) is 16.3 Å². The highest BCUT2D eigenvalue weighted by Gasteiger charge is 2.18. The number of hydrogen-bond donors (Lipinski definition) is 1. The van der Waals surface area contributed by atoms with Crippen LogP contribution in [-0.4, -0.2) is 33.5 Å². The van der Waals surface area contributed by atoms with Crippen LogP contribution in [0.2, 0.25) is 5.02 Å². The molecular weight excluding hydrogens is 548 g/mol. The molecule has 1 aromatic heterocycles. The van der Waals surface area contributed by atoms with Crippen molar-refractivity contribution in [1.82, 2.24) is 14.8 Å². The Kier molecular flexibility index (Phi) is 8.15. The lowest BCUT2D eigenvalue weighted by atomic mass is 10.1. The second-order valence-electron chi connectivity index (χ2n) is 7.79. The maximum atomic E-state index is 12.9. The fraction of sp³-hybridized carbons (Fsp3) is 0.192. The number of benzene rings is 3. The number of rotatable bonds is 8. The Morgan fingerprint density at radius 3 is 2.49 bits per heavy atom. The molecule has 0 bridgehead atoms. The van der Waals surface area contributed by atoms with Gasteiger partial charge in [0.2, 0.25) is 5.91 Å². The van der Waals surface area contributed by atoms with Gasteiger partial charge in [-0.25, -0.2) is 0 Å². The molecule has 9 heteroatoms. The molecule has 1 heterocycles. The molecule has 0 aliphatic heterocycles. The topological polar surface area (TPSA) is 69.0 Å². The Balaban J connectivity index is 1.61. The van der Waals surface area contributed by atoms with Crippen molar-refractivity contribution in [2.24, 2.45) is 0 Å². The molecule has 35 heavy (non-hydrogen) atoms. The van der Waals surface area contributed by atoms with E-state index in [0.717, 1.165) is 44.7 Å². The molecule has 6 nitrogen and oxygen atoms in total. The summed E-state index contributed by atoms with van der Waals surface area (Å²) in [5.41, 5.74) is 4.69. The summed E-state index contributed by atoms with van der Waals surface area (Å²) in [6.07, 6.45) is 0.819. The van der Waals surface area contributed by atoms with Crippen molar-refractivity contribution in [1.29, 1.82) is 0 Å². The summed E-state index contributed by atoms with van der Waals surface area (Å²) in [6.45, 7) is 4.06. The van der Waals surface area contributed by atoms with Crippen LogP contribution < -0.4 is 10.1 Å². The van der Waals surface area contributed by atoms with Crippen LogP contribution in [-0.2, 0) is 11.2 Å². The average molecular weight is 572 g/mol. The van der Waals surface area contributed by atoms with Crippen molar-refractivity contribution in [3.63, 3.8) is 0 Å². The van der Waals surface area contributed by atoms with Crippen LogP contribution in [0.25, 0.3) is 17.1 Å². The first-order valence-corrected chi connectivity index (χ1v) is 13.1. The summed E-state index contributed by atoms with van der Waals surface area (Å²) in [4.78, 5) is 12.9. The van der Waals surface area contributed by atoms with Crippen molar-refractivity contribution < 1.29 is 9.53 Å². The van der Waals surface area contributed by atoms with Gasteiger partial charge in [0, 0.05) is 26.4 Å². The van der Waals surface area contributed by atoms with Gasteiger partial charge in [0.15, 0.2) is 11.0 Å². The molecule has 0 atom stereocenters. The number of aryl methyl sites for hydroxylation is 2. The van der Waals surface area contributed by atoms with Crippen molar-refractivity contribution >= 4 is 50.9 Å². The van der Waals surface area contributed by atoms with E-state index in [-0.39, 0.29) is 11.7 Å². The van der Waals surface area contributed by atoms with Crippen molar-refractivity contribution in [3.8, 4) is 22.8 Å². The highest BCUT2D eigenvalue weighted by atomic mass is 79.9. The number of nitrogens with one attached hydrogen (secondary N) is 1. The Morgan fingerprint density at radius 1 is 1.11 bits per heavy atom. The second kappa shape index (κ2) is 11.3. The Bertz CT molecular complexity index is 1340. The van der Waals surface area contributed by atoms with Gasteiger partial charge in [-0.1, -0.05) is 46.2 Å². The zero-order valence-corrected chi connectivity index (χ0v) is 22.7. The normalized spacial score (nSPS) is 10.9. The lowest BCUT2D eigenvalue weighted by molar-refractivity contribution is -0.113. The first-order valence-electron chi connectivity index (χ1n) is 11.0. The molecule has 0 unspecified atom stereocenters. The van der Waals surface area contributed by atoms with Crippen LogP contribution in [0.4, 0.5) is 5.69 Å². The standard InChI is InChI=1S/C26H24BrClN4O2S/c1-4-17-14-19(27)13-16(2)24(17)29-23(33)15-35-26-31-30-25(18-5-7-20(28)8-6-18)32(26)21-9-11-22(34-3)12-10-21/h5-14H,4,15H2,1-3H3,(H,29,33). The molecule has 180 valence electrons. The molecule has 0 radical (unpaired) electrons. The number of aromatic nitrogens is 3. The lowest BCUT2D eigenvalue weighted by Gasteiger charge is -2.14. The predicted molar refractivity (Wildman–Crippen MR) is 146 cm³/mol. The van der Waals surface area contributed by atoms with Gasteiger partial charge in [-0.3, -0.25) is 9.36 Å². The van der Waals surface area contributed by atoms with E-state index in [9.17, 15) is 4.79 Å². The molecule has 0 saturated carbocycles. The van der Waals surface area contributed by atoms with Gasteiger partial charge in [0.25, 0.3) is 0 Å². The molecule has 3 aromatic carbocycles. The van der Waals surface area contributed by atoms with E-state index in [1.165, 1.54) is 11.8 Å². The number of halogens is 2. The maximum Gasteiger partial charge on any atom is 0.234 e. The van der Waals surface area contributed by atoms with Crippen molar-refractivity contribution in [3.05, 3.63) is 81.3 Å². The molecular formula is C26H24BrClN4O2S. The average Bonchev–Trinajstić information content (AvgIpc) is 3.28. The first kappa shape index (κ1) is 25.3. The minimum absolute atomic E-state index is 0.104. The van der Waals surface area contributed by atoms with Crippen molar-refractivity contribution in [2.75, 3.05) is 18.2 Å². The van der Waals surface area contributed by atoms with Crippen LogP contribution in [0.3, 0.4) is 0 Å². The number of anilines is 1. The number of methoxy groups -OCH3 is 1. The molecule has 4 rings (SSSR count). The smallest absolute Gasteiger partial charge is 0.234 e. The number of hydrogen-bond acceptors (Lipinski definition) is 5. The third-order valence-corrected chi connectivity index (χ3v) is 7.06. The van der Waals surface area contributed by atoms with Crippen LogP contribution in [0.5, 0.6) is 5.75 Å². The number of amides is 1. The van der Waals surface area contributed by atoms with Crippen LogP contribution in [0.15, 0.2) is 70.3 Å². The highest BCUT2D eigenvalue weighted by Crippen LogP contribution is 2.30. The monoisotopic (exact) mass is 570 g/mol. The lowest BCUT2D eigenvalue weighted by Crippen LogP contribution is -2.16. The molecule has 4 aromatic rings. The third-order valence-electron chi connectivity index (χ3n) is 5.43. The molecule has 0 fully saturated rings. The fourth-order valence-corrected chi connectivity index (χ4v) is 5.19. The Labute approximate surface area is 222 Å². The van der Waals surface area contributed by atoms with Gasteiger partial charge in [0.1, 0.15) is 5.75 Å². The van der Waals surface area contributed by atoms with E-state index in [1.54, 1.807) is 7.11 Å². The van der Waals surface area contributed by atoms with E-state index < -0.39 is 0 Å². The Hall–Kier alpha value is -2.81. The first-order chi connectivity index (χ1) is 16.9. The number of ether oxygens (including phenoxy) is 1. The summed E-state index contributed by atoms with van der Waals surface area (Å²) in [7, 11) is 1.63. The molecule has 0 spiro atoms. The van der Waals surface area contributed by atoms with E-state index in [2.05, 4.69) is 38.4 Å². The van der Waals surface area contributed by atoms with Gasteiger partial charge < -0.3 is 10.1 Å². The summed E-state index contributed by atoms with van der Waals surface area (Å²) >= 11 is 10.9. The third kappa shape index (κ3) is 5.89. The minimum atomic E-state index is -0.104. The van der Waals surface area contributed by atoms with Gasteiger partial charge in [-0.05, 0) is 85.1 Å². The molecule has 0 aliphatic carbocycles. The van der Waals surface area contributed by atoms with Crippen LogP contribution in [0, 0.1) is 6.92 Å². The molecule has 1 amide bonds. The van der Waals surface area contributed by atoms with Gasteiger partial charge >= 0.3 is 0 Å². The Morgan fingerprint density at radius 2 is 1.83 bits per heavy atom. The second-order valence-corrected chi connectivity index (χ2v) is 10.1. The summed E-state index contributed by atoms with van der Waals surface area (Å²) in [5.74, 6) is 1.49. The number of thioether (sulfide) groups is 1. The largest absolute Gasteiger partial charge is 0.497 e. The zero-order valence-electron chi connectivity index (χ0n) is 19.5. The predicted octanol–water partition coefficient (Wildman–Crippen LogP) is 6.96. The van der Waals surface area contributed by atoms with Gasteiger partial charge in [-0.2, -0.15) is 0 Å². The summed E-state index contributed by atoms with van der Waals surface area (Å²) in [5, 5.41) is 13.2. The fourth-order valence-electron chi connectivity index (χ4n) is 3.69. The van der Waals surface area contributed by atoms with Crippen molar-refractivity contribution in [2.45, 2.75) is 25.4 Å². The minimum Gasteiger partial charge on any atom is -0.497 e. The molecule has 1 N–H and O–H groups in total. The van der Waals surface area contributed by atoms with E-state index in [1.807, 2.05) is 72.2 Å². The zero-order chi connectivity index (χ0) is 24.9. The molecule has 0 saturated heterocycles. The molecule has 0 aliphatic rings. The maximum absolute atomic E-state index is 12.9. The van der Waals surface area contributed by atoms with Crippen LogP contribution >= 0.6 is 39.3 Å². The number of carbonyl (C=O) groups excluding carboxylic acids is 1. The van der Waals surface area contributed by atoms with Crippen LogP contribution in [0.1, 0.15) is 18.1 Å². The van der Waals surface area contributed by atoms with Gasteiger partial charge in [0.05, 0.1) is 12.9 Å². The summed E-state index contributed by atoms with van der Waals surface area (Å²) in [6, 6.07) is 19.1. The van der Waals surface area contributed by atoms with E-state index in [0.29, 0.717) is 16.0 Å².